The van der Waals surface area contributed by atoms with Crippen LogP contribution in [-0.4, -0.2) is 21.6 Å². The summed E-state index contributed by atoms with van der Waals surface area (Å²) in [6.45, 7) is 0.381. The van der Waals surface area contributed by atoms with Crippen LogP contribution in [0.15, 0.2) is 54.9 Å². The van der Waals surface area contributed by atoms with Gasteiger partial charge in [0.25, 0.3) is 5.91 Å². The summed E-state index contributed by atoms with van der Waals surface area (Å²) in [7, 11) is 1.92. The summed E-state index contributed by atoms with van der Waals surface area (Å²) in [4.78, 5) is 16.7. The third-order valence-electron chi connectivity index (χ3n) is 4.40. The molecule has 0 radical (unpaired) electrons. The van der Waals surface area contributed by atoms with E-state index in [1.54, 1.807) is 30.5 Å². The van der Waals surface area contributed by atoms with Crippen molar-refractivity contribution in [1.29, 1.82) is 0 Å². The quantitative estimate of drug-likeness (QED) is 0.731. The van der Waals surface area contributed by atoms with Crippen LogP contribution in [0, 0.1) is 0 Å². The molecule has 1 aliphatic heterocycles. The number of carbonyl (C=O) groups is 1. The molecule has 138 valence electrons. The van der Waals surface area contributed by atoms with Gasteiger partial charge in [0.2, 0.25) is 0 Å². The number of anilines is 1. The van der Waals surface area contributed by atoms with Gasteiger partial charge < -0.3 is 19.4 Å². The zero-order valence-corrected chi connectivity index (χ0v) is 15.4. The lowest BCUT2D eigenvalue weighted by Crippen LogP contribution is -2.31. The van der Waals surface area contributed by atoms with Gasteiger partial charge in [-0.3, -0.25) is 4.79 Å². The van der Waals surface area contributed by atoms with Gasteiger partial charge in [-0.1, -0.05) is 11.6 Å². The standard InChI is InChI=1S/C20H18ClN3O3/c1-24-9-8-22-19(24)12-26-16-5-3-15(4-6-16)23-20(25)18-11-13-10-14(21)2-7-17(13)27-18/h2-10,18H,11-12H2,1H3,(H,23,25). The number of fused-ring (bicyclic) bond motifs is 1. The molecule has 4 rings (SSSR count). The number of hydrogen-bond acceptors (Lipinski definition) is 4. The number of benzene rings is 2. The molecule has 2 heterocycles. The van der Waals surface area contributed by atoms with Crippen molar-refractivity contribution in [2.24, 2.45) is 7.05 Å². The number of imidazole rings is 1. The Balaban J connectivity index is 1.33. The van der Waals surface area contributed by atoms with E-state index in [9.17, 15) is 4.79 Å². The predicted molar refractivity (Wildman–Crippen MR) is 102 cm³/mol. The highest BCUT2D eigenvalue weighted by Gasteiger charge is 2.29. The average Bonchev–Trinajstić information content (AvgIpc) is 3.26. The summed E-state index contributed by atoms with van der Waals surface area (Å²) >= 11 is 5.99. The number of hydrogen-bond donors (Lipinski definition) is 1. The van der Waals surface area contributed by atoms with Crippen molar-refractivity contribution in [3.63, 3.8) is 0 Å². The van der Waals surface area contributed by atoms with Gasteiger partial charge in [0.15, 0.2) is 6.10 Å². The molecule has 1 aliphatic rings. The van der Waals surface area contributed by atoms with Gasteiger partial charge in [-0.15, -0.1) is 0 Å². The molecule has 1 atom stereocenters. The molecule has 0 bridgehead atoms. The normalized spacial score (nSPS) is 15.1. The first-order valence-corrected chi connectivity index (χ1v) is 8.91. The predicted octanol–water partition coefficient (Wildman–Crippen LogP) is 3.59. The van der Waals surface area contributed by atoms with Crippen molar-refractivity contribution in [3.05, 3.63) is 71.3 Å². The molecule has 7 heteroatoms. The van der Waals surface area contributed by atoms with Gasteiger partial charge in [0.05, 0.1) is 0 Å². The number of halogens is 1. The van der Waals surface area contributed by atoms with Gasteiger partial charge in [0, 0.05) is 36.6 Å². The monoisotopic (exact) mass is 383 g/mol. The molecule has 1 unspecified atom stereocenters. The minimum Gasteiger partial charge on any atom is -0.486 e. The van der Waals surface area contributed by atoms with Crippen molar-refractivity contribution < 1.29 is 14.3 Å². The second-order valence-corrected chi connectivity index (χ2v) is 6.76. The van der Waals surface area contributed by atoms with E-state index in [0.29, 0.717) is 35.2 Å². The Morgan fingerprint density at radius 1 is 1.33 bits per heavy atom. The van der Waals surface area contributed by atoms with E-state index >= 15 is 0 Å². The number of ether oxygens (including phenoxy) is 2. The highest BCUT2D eigenvalue weighted by molar-refractivity contribution is 6.30. The maximum Gasteiger partial charge on any atom is 0.265 e. The molecule has 6 nitrogen and oxygen atoms in total. The maximum absolute atomic E-state index is 12.5. The van der Waals surface area contributed by atoms with E-state index in [1.807, 2.05) is 36.0 Å². The van der Waals surface area contributed by atoms with E-state index in [2.05, 4.69) is 10.3 Å². The molecule has 0 saturated carbocycles. The van der Waals surface area contributed by atoms with Gasteiger partial charge in [0.1, 0.15) is 23.9 Å². The van der Waals surface area contributed by atoms with Crippen LogP contribution in [0.1, 0.15) is 11.4 Å². The molecule has 0 saturated heterocycles. The third kappa shape index (κ3) is 3.90. The van der Waals surface area contributed by atoms with Crippen LogP contribution in [0.25, 0.3) is 0 Å². The molecular formula is C20H18ClN3O3. The minimum atomic E-state index is -0.558. The molecule has 27 heavy (non-hydrogen) atoms. The van der Waals surface area contributed by atoms with Crippen molar-refractivity contribution >= 4 is 23.2 Å². The molecule has 0 fully saturated rings. The molecule has 3 aromatic rings. The smallest absolute Gasteiger partial charge is 0.265 e. The van der Waals surface area contributed by atoms with E-state index < -0.39 is 6.10 Å². The number of carbonyl (C=O) groups excluding carboxylic acids is 1. The van der Waals surface area contributed by atoms with Crippen molar-refractivity contribution in [2.45, 2.75) is 19.1 Å². The number of amides is 1. The molecule has 1 amide bonds. The second kappa shape index (κ2) is 7.32. The Bertz CT molecular complexity index is 969. The van der Waals surface area contributed by atoms with Crippen molar-refractivity contribution in [3.8, 4) is 11.5 Å². The summed E-state index contributed by atoms with van der Waals surface area (Å²) in [6.07, 6.45) is 3.55. The summed E-state index contributed by atoms with van der Waals surface area (Å²) in [5.41, 5.74) is 1.63. The second-order valence-electron chi connectivity index (χ2n) is 6.32. The molecule has 1 aromatic heterocycles. The highest BCUT2D eigenvalue weighted by Crippen LogP contribution is 2.31. The Morgan fingerprint density at radius 2 is 2.15 bits per heavy atom. The van der Waals surface area contributed by atoms with Crippen LogP contribution in [0.4, 0.5) is 5.69 Å². The fourth-order valence-electron chi connectivity index (χ4n) is 2.90. The lowest BCUT2D eigenvalue weighted by molar-refractivity contribution is -0.122. The Hall–Kier alpha value is -2.99. The lowest BCUT2D eigenvalue weighted by atomic mass is 10.1. The molecule has 1 N–H and O–H groups in total. The van der Waals surface area contributed by atoms with E-state index in [0.717, 1.165) is 11.4 Å². The Kier molecular flexibility index (Phi) is 4.73. The topological polar surface area (TPSA) is 65.4 Å². The third-order valence-corrected chi connectivity index (χ3v) is 4.64. The molecule has 2 aromatic carbocycles. The van der Waals surface area contributed by atoms with E-state index in [4.69, 9.17) is 21.1 Å². The zero-order valence-electron chi connectivity index (χ0n) is 14.7. The van der Waals surface area contributed by atoms with Crippen LogP contribution in [0.3, 0.4) is 0 Å². The maximum atomic E-state index is 12.5. The number of nitrogens with one attached hydrogen (secondary N) is 1. The number of aryl methyl sites for hydroxylation is 1. The number of nitrogens with zero attached hydrogens (tertiary/aromatic N) is 2. The van der Waals surface area contributed by atoms with Crippen LogP contribution < -0.4 is 14.8 Å². The van der Waals surface area contributed by atoms with Crippen LogP contribution >= 0.6 is 11.6 Å². The fraction of sp³-hybridized carbons (Fsp3) is 0.200. The molecule has 0 aliphatic carbocycles. The lowest BCUT2D eigenvalue weighted by Gasteiger charge is -2.12. The SMILES string of the molecule is Cn1ccnc1COc1ccc(NC(=O)C2Cc3cc(Cl)ccc3O2)cc1. The van der Waals surface area contributed by atoms with Gasteiger partial charge >= 0.3 is 0 Å². The van der Waals surface area contributed by atoms with E-state index in [1.165, 1.54) is 0 Å². The first kappa shape index (κ1) is 17.4. The van der Waals surface area contributed by atoms with E-state index in [-0.39, 0.29) is 5.91 Å². The Labute approximate surface area is 161 Å². The highest BCUT2D eigenvalue weighted by atomic mass is 35.5. The number of aromatic nitrogens is 2. The Morgan fingerprint density at radius 3 is 2.89 bits per heavy atom. The first-order valence-electron chi connectivity index (χ1n) is 8.53. The summed E-state index contributed by atoms with van der Waals surface area (Å²) in [5.74, 6) is 2.06. The van der Waals surface area contributed by atoms with Gasteiger partial charge in [-0.05, 0) is 48.0 Å². The number of rotatable bonds is 5. The summed E-state index contributed by atoms with van der Waals surface area (Å²) in [5, 5.41) is 3.51. The van der Waals surface area contributed by atoms with Gasteiger partial charge in [-0.25, -0.2) is 4.98 Å². The zero-order chi connectivity index (χ0) is 18.8. The van der Waals surface area contributed by atoms with Crippen molar-refractivity contribution in [1.82, 2.24) is 9.55 Å². The fourth-order valence-corrected chi connectivity index (χ4v) is 3.10. The first-order chi connectivity index (χ1) is 13.1. The summed E-state index contributed by atoms with van der Waals surface area (Å²) < 4.78 is 13.3. The molecule has 0 spiro atoms. The largest absolute Gasteiger partial charge is 0.486 e. The van der Waals surface area contributed by atoms with Gasteiger partial charge in [-0.2, -0.15) is 0 Å². The van der Waals surface area contributed by atoms with Crippen LogP contribution in [-0.2, 0) is 24.9 Å². The molecular weight excluding hydrogens is 366 g/mol. The average molecular weight is 384 g/mol. The van der Waals surface area contributed by atoms with Crippen LogP contribution in [0.2, 0.25) is 5.02 Å². The van der Waals surface area contributed by atoms with Crippen LogP contribution in [0.5, 0.6) is 11.5 Å². The van der Waals surface area contributed by atoms with Crippen molar-refractivity contribution in [2.75, 3.05) is 5.32 Å². The summed E-state index contributed by atoms with van der Waals surface area (Å²) in [6, 6.07) is 12.6. The minimum absolute atomic E-state index is 0.191.